The number of carboxylic acids is 1. The van der Waals surface area contributed by atoms with Gasteiger partial charge in [-0.3, -0.25) is 9.59 Å². The van der Waals surface area contributed by atoms with Crippen LogP contribution in [0.3, 0.4) is 0 Å². The lowest BCUT2D eigenvalue weighted by molar-refractivity contribution is -0.188. The molecule has 2 bridgehead atoms. The van der Waals surface area contributed by atoms with Crippen LogP contribution >= 0.6 is 0 Å². The van der Waals surface area contributed by atoms with Crippen LogP contribution in [0.25, 0.3) is 0 Å². The maximum absolute atomic E-state index is 12.5. The van der Waals surface area contributed by atoms with Gasteiger partial charge < -0.3 is 14.6 Å². The predicted molar refractivity (Wildman–Crippen MR) is 80.9 cm³/mol. The fraction of sp³-hybridized carbons (Fsp3) is 0.882. The molecule has 0 aromatic carbocycles. The molecule has 0 saturated heterocycles. The number of ether oxygens (including phenoxy) is 2. The van der Waals surface area contributed by atoms with Crippen LogP contribution in [0.4, 0.5) is 0 Å². The van der Waals surface area contributed by atoms with E-state index in [4.69, 9.17) is 9.47 Å². The number of fused-ring (bicyclic) bond motifs is 2. The van der Waals surface area contributed by atoms with Crippen molar-refractivity contribution in [2.75, 3.05) is 6.61 Å². The van der Waals surface area contributed by atoms with E-state index in [1.165, 1.54) is 0 Å². The van der Waals surface area contributed by atoms with Crippen LogP contribution < -0.4 is 0 Å². The third-order valence-corrected chi connectivity index (χ3v) is 5.54. The molecular formula is C17H28O5. The van der Waals surface area contributed by atoms with E-state index in [1.54, 1.807) is 6.92 Å². The zero-order valence-electron chi connectivity index (χ0n) is 14.1. The second-order valence-corrected chi connectivity index (χ2v) is 7.40. The summed E-state index contributed by atoms with van der Waals surface area (Å²) in [6.07, 6.45) is 0.191. The van der Waals surface area contributed by atoms with Gasteiger partial charge in [0.2, 0.25) is 0 Å². The molecular weight excluding hydrogens is 284 g/mol. The Bertz CT molecular complexity index is 433. The van der Waals surface area contributed by atoms with Gasteiger partial charge in [0.1, 0.15) is 0 Å². The number of carboxylic acid groups (broad SMARTS) is 1. The van der Waals surface area contributed by atoms with E-state index in [1.807, 2.05) is 13.8 Å². The summed E-state index contributed by atoms with van der Waals surface area (Å²) in [6.45, 7) is 10.5. The van der Waals surface area contributed by atoms with E-state index >= 15 is 0 Å². The summed E-state index contributed by atoms with van der Waals surface area (Å²) in [5.41, 5.74) is 0. The van der Waals surface area contributed by atoms with E-state index in [0.717, 1.165) is 6.42 Å². The molecule has 0 radical (unpaired) electrons. The first kappa shape index (κ1) is 17.3. The van der Waals surface area contributed by atoms with Crippen LogP contribution in [-0.2, 0) is 19.1 Å². The van der Waals surface area contributed by atoms with Crippen molar-refractivity contribution in [3.63, 3.8) is 0 Å². The monoisotopic (exact) mass is 312 g/mol. The quantitative estimate of drug-likeness (QED) is 0.603. The van der Waals surface area contributed by atoms with Gasteiger partial charge >= 0.3 is 11.9 Å². The number of hydrogen-bond acceptors (Lipinski definition) is 4. The molecule has 2 aliphatic carbocycles. The van der Waals surface area contributed by atoms with Crippen molar-refractivity contribution in [3.8, 4) is 0 Å². The van der Waals surface area contributed by atoms with Gasteiger partial charge in [-0.25, -0.2) is 0 Å². The Kier molecular flexibility index (Phi) is 5.15. The summed E-state index contributed by atoms with van der Waals surface area (Å²) in [5, 5.41) is 9.53. The maximum Gasteiger partial charge on any atom is 0.312 e. The number of carbonyl (C=O) groups excluding carboxylic acids is 1. The third kappa shape index (κ3) is 3.14. The van der Waals surface area contributed by atoms with Gasteiger partial charge in [-0.2, -0.15) is 0 Å². The second kappa shape index (κ2) is 6.57. The lowest BCUT2D eigenvalue weighted by Gasteiger charge is -2.35. The standard InChI is InChI=1S/C17H28O5/c1-8(2)7-21-11(5)22-17(20)15-13-6-12(9(3)10(13)4)14(15)16(18)19/h8-15H,6-7H2,1-5H3,(H,18,19). The van der Waals surface area contributed by atoms with Gasteiger partial charge in [0.15, 0.2) is 6.29 Å². The van der Waals surface area contributed by atoms with Gasteiger partial charge in [-0.1, -0.05) is 27.7 Å². The number of esters is 1. The summed E-state index contributed by atoms with van der Waals surface area (Å²) in [5.74, 6) is -1.14. The Labute approximate surface area is 132 Å². The molecule has 126 valence electrons. The minimum atomic E-state index is -0.871. The number of aliphatic carboxylic acids is 1. The molecule has 2 fully saturated rings. The Balaban J connectivity index is 2.03. The predicted octanol–water partition coefficient (Wildman–Crippen LogP) is 2.79. The van der Waals surface area contributed by atoms with Crippen molar-refractivity contribution >= 4 is 11.9 Å². The molecule has 7 unspecified atom stereocenters. The fourth-order valence-corrected chi connectivity index (χ4v) is 4.27. The van der Waals surface area contributed by atoms with Gasteiger partial charge in [-0.15, -0.1) is 0 Å². The zero-order valence-corrected chi connectivity index (χ0v) is 14.1. The fourth-order valence-electron chi connectivity index (χ4n) is 4.27. The Morgan fingerprint density at radius 3 is 2.14 bits per heavy atom. The van der Waals surface area contributed by atoms with E-state index in [9.17, 15) is 14.7 Å². The van der Waals surface area contributed by atoms with Gasteiger partial charge in [0, 0.05) is 0 Å². The minimum absolute atomic E-state index is 0.0851. The molecule has 0 heterocycles. The number of carbonyl (C=O) groups is 2. The SMILES string of the molecule is CC(C)COC(C)OC(=O)C1C2CC(C(C)C2C)C1C(=O)O. The Hall–Kier alpha value is -1.10. The number of rotatable bonds is 6. The van der Waals surface area contributed by atoms with Crippen molar-refractivity contribution in [2.24, 2.45) is 41.4 Å². The highest BCUT2D eigenvalue weighted by molar-refractivity contribution is 5.83. The molecule has 5 nitrogen and oxygen atoms in total. The van der Waals surface area contributed by atoms with Crippen molar-refractivity contribution in [1.82, 2.24) is 0 Å². The Morgan fingerprint density at radius 1 is 1.09 bits per heavy atom. The summed E-state index contributed by atoms with van der Waals surface area (Å²) in [4.78, 5) is 24.1. The van der Waals surface area contributed by atoms with Crippen LogP contribution in [0, 0.1) is 41.4 Å². The first-order chi connectivity index (χ1) is 10.2. The van der Waals surface area contributed by atoms with Gasteiger partial charge in [0.25, 0.3) is 0 Å². The first-order valence-electron chi connectivity index (χ1n) is 8.28. The van der Waals surface area contributed by atoms with E-state index in [-0.39, 0.29) is 11.8 Å². The molecule has 7 atom stereocenters. The Morgan fingerprint density at radius 2 is 1.64 bits per heavy atom. The topological polar surface area (TPSA) is 72.8 Å². The molecule has 22 heavy (non-hydrogen) atoms. The normalized spacial score (nSPS) is 38.3. The molecule has 2 rings (SSSR count). The first-order valence-corrected chi connectivity index (χ1v) is 8.28. The van der Waals surface area contributed by atoms with Crippen molar-refractivity contribution in [3.05, 3.63) is 0 Å². The van der Waals surface area contributed by atoms with Crippen LogP contribution in [0.5, 0.6) is 0 Å². The van der Waals surface area contributed by atoms with Crippen LogP contribution in [0.1, 0.15) is 41.0 Å². The van der Waals surface area contributed by atoms with Crippen LogP contribution in [0.15, 0.2) is 0 Å². The van der Waals surface area contributed by atoms with Crippen LogP contribution in [-0.4, -0.2) is 29.9 Å². The molecule has 5 heteroatoms. The third-order valence-electron chi connectivity index (χ3n) is 5.54. The van der Waals surface area contributed by atoms with Gasteiger partial charge in [0.05, 0.1) is 18.4 Å². The summed E-state index contributed by atoms with van der Waals surface area (Å²) in [7, 11) is 0. The molecule has 0 aromatic heterocycles. The lowest BCUT2D eigenvalue weighted by atomic mass is 9.69. The minimum Gasteiger partial charge on any atom is -0.481 e. The maximum atomic E-state index is 12.5. The smallest absolute Gasteiger partial charge is 0.312 e. The molecule has 0 amide bonds. The highest BCUT2D eigenvalue weighted by Crippen LogP contribution is 2.58. The van der Waals surface area contributed by atoms with Crippen LogP contribution in [0.2, 0.25) is 0 Å². The van der Waals surface area contributed by atoms with Crippen molar-refractivity contribution in [1.29, 1.82) is 0 Å². The van der Waals surface area contributed by atoms with E-state index < -0.39 is 30.1 Å². The molecule has 0 aromatic rings. The lowest BCUT2D eigenvalue weighted by Crippen LogP contribution is -2.42. The molecule has 0 aliphatic heterocycles. The van der Waals surface area contributed by atoms with Gasteiger partial charge in [-0.05, 0) is 42.9 Å². The molecule has 2 aliphatic rings. The molecule has 0 spiro atoms. The van der Waals surface area contributed by atoms with Crippen molar-refractivity contribution in [2.45, 2.75) is 47.3 Å². The zero-order chi connectivity index (χ0) is 16.6. The average molecular weight is 312 g/mol. The molecule has 2 saturated carbocycles. The largest absolute Gasteiger partial charge is 0.481 e. The average Bonchev–Trinajstić information content (AvgIpc) is 2.94. The van der Waals surface area contributed by atoms with E-state index in [2.05, 4.69) is 13.8 Å². The molecule has 1 N–H and O–H groups in total. The van der Waals surface area contributed by atoms with E-state index in [0.29, 0.717) is 24.4 Å². The highest BCUT2D eigenvalue weighted by Gasteiger charge is 2.60. The summed E-state index contributed by atoms with van der Waals surface area (Å²) >= 11 is 0. The highest BCUT2D eigenvalue weighted by atomic mass is 16.7. The number of hydrogen-bond donors (Lipinski definition) is 1. The second-order valence-electron chi connectivity index (χ2n) is 7.40. The summed E-state index contributed by atoms with van der Waals surface area (Å²) < 4.78 is 10.8. The summed E-state index contributed by atoms with van der Waals surface area (Å²) in [6, 6.07) is 0. The van der Waals surface area contributed by atoms with Crippen molar-refractivity contribution < 1.29 is 24.2 Å².